The van der Waals surface area contributed by atoms with Crippen molar-refractivity contribution in [3.63, 3.8) is 0 Å². The van der Waals surface area contributed by atoms with Crippen LogP contribution in [0.2, 0.25) is 0 Å². The molecule has 0 spiro atoms. The Bertz CT molecular complexity index is 1150. The molecule has 1 saturated heterocycles. The zero-order chi connectivity index (χ0) is 20.8. The number of hydrogen-bond donors (Lipinski definition) is 0. The highest BCUT2D eigenvalue weighted by Crippen LogP contribution is 2.38. The molecule has 1 aromatic heterocycles. The summed E-state index contributed by atoms with van der Waals surface area (Å²) in [5, 5.41) is 3.93. The molecule has 0 radical (unpaired) electrons. The number of aryl methyl sites for hydroxylation is 3. The fraction of sp³-hybridized carbons (Fsp3) is 0.333. The first kappa shape index (κ1) is 19.7. The van der Waals surface area contributed by atoms with Crippen LogP contribution >= 0.6 is 0 Å². The van der Waals surface area contributed by atoms with Crippen LogP contribution in [0.25, 0.3) is 11.4 Å². The first-order valence-electron chi connectivity index (χ1n) is 9.46. The number of halogens is 1. The molecule has 1 unspecified atom stereocenters. The van der Waals surface area contributed by atoms with Gasteiger partial charge in [-0.15, -0.1) is 0 Å². The van der Waals surface area contributed by atoms with E-state index in [-0.39, 0.29) is 11.7 Å². The van der Waals surface area contributed by atoms with Gasteiger partial charge in [-0.1, -0.05) is 35.0 Å². The number of benzene rings is 2. The second-order valence-corrected chi connectivity index (χ2v) is 9.30. The molecule has 1 aliphatic rings. The molecule has 8 heteroatoms. The Morgan fingerprint density at radius 1 is 1.14 bits per heavy atom. The van der Waals surface area contributed by atoms with Crippen molar-refractivity contribution in [1.29, 1.82) is 0 Å². The Kier molecular flexibility index (Phi) is 5.00. The van der Waals surface area contributed by atoms with Crippen molar-refractivity contribution >= 4 is 10.0 Å². The van der Waals surface area contributed by atoms with Gasteiger partial charge in [0.2, 0.25) is 21.7 Å². The molecule has 152 valence electrons. The third-order valence-electron chi connectivity index (χ3n) is 5.18. The molecular weight excluding hydrogens is 393 g/mol. The highest BCUT2D eigenvalue weighted by Gasteiger charge is 2.40. The zero-order valence-electron chi connectivity index (χ0n) is 16.5. The molecule has 0 saturated carbocycles. The van der Waals surface area contributed by atoms with Crippen molar-refractivity contribution in [2.24, 2.45) is 0 Å². The van der Waals surface area contributed by atoms with Crippen LogP contribution < -0.4 is 0 Å². The molecule has 0 bridgehead atoms. The van der Waals surface area contributed by atoms with Crippen molar-refractivity contribution in [2.45, 2.75) is 44.6 Å². The van der Waals surface area contributed by atoms with Gasteiger partial charge in [-0.25, -0.2) is 12.8 Å². The summed E-state index contributed by atoms with van der Waals surface area (Å²) >= 11 is 0. The lowest BCUT2D eigenvalue weighted by Crippen LogP contribution is -2.32. The summed E-state index contributed by atoms with van der Waals surface area (Å²) in [4.78, 5) is 4.70. The van der Waals surface area contributed by atoms with Gasteiger partial charge < -0.3 is 4.52 Å². The Labute approximate surface area is 169 Å². The molecule has 1 aliphatic heterocycles. The van der Waals surface area contributed by atoms with E-state index in [9.17, 15) is 12.8 Å². The second-order valence-electron chi connectivity index (χ2n) is 7.47. The van der Waals surface area contributed by atoms with Crippen molar-refractivity contribution in [1.82, 2.24) is 14.4 Å². The molecule has 29 heavy (non-hydrogen) atoms. The second kappa shape index (κ2) is 7.35. The van der Waals surface area contributed by atoms with E-state index < -0.39 is 21.9 Å². The maximum absolute atomic E-state index is 13.5. The molecule has 1 atom stereocenters. The predicted octanol–water partition coefficient (Wildman–Crippen LogP) is 4.33. The molecule has 2 heterocycles. The molecule has 2 aromatic carbocycles. The van der Waals surface area contributed by atoms with Crippen molar-refractivity contribution < 1.29 is 17.3 Å². The van der Waals surface area contributed by atoms with Crippen LogP contribution in [0.5, 0.6) is 0 Å². The van der Waals surface area contributed by atoms with Gasteiger partial charge >= 0.3 is 0 Å². The molecule has 0 amide bonds. The Hall–Kier alpha value is -2.58. The van der Waals surface area contributed by atoms with Crippen LogP contribution in [0.1, 0.15) is 41.5 Å². The first-order chi connectivity index (χ1) is 13.8. The van der Waals surface area contributed by atoms with Crippen LogP contribution in [-0.2, 0) is 10.0 Å². The van der Waals surface area contributed by atoms with Gasteiger partial charge in [-0.2, -0.15) is 9.29 Å². The standard InChI is InChI=1S/C21H22FN3O3S/c1-13-10-14(2)19(15(3)11-13)29(26,27)25-9-5-8-18(25)21-23-20(24-28-21)16-6-4-7-17(22)12-16/h4,6-7,10-12,18H,5,8-9H2,1-3H3. The molecule has 0 N–H and O–H groups in total. The molecular formula is C21H22FN3O3S. The lowest BCUT2D eigenvalue weighted by Gasteiger charge is -2.23. The first-order valence-corrected chi connectivity index (χ1v) is 10.9. The van der Waals surface area contributed by atoms with Crippen molar-refractivity contribution in [3.05, 3.63) is 64.8 Å². The topological polar surface area (TPSA) is 76.3 Å². The minimum Gasteiger partial charge on any atom is -0.337 e. The Morgan fingerprint density at radius 3 is 2.55 bits per heavy atom. The van der Waals surface area contributed by atoms with Crippen LogP contribution in [0.15, 0.2) is 45.8 Å². The number of nitrogens with zero attached hydrogens (tertiary/aromatic N) is 3. The van der Waals surface area contributed by atoms with E-state index in [0.717, 1.165) is 16.7 Å². The summed E-state index contributed by atoms with van der Waals surface area (Å²) < 4.78 is 47.3. The van der Waals surface area contributed by atoms with Gasteiger partial charge in [-0.3, -0.25) is 0 Å². The SMILES string of the molecule is Cc1cc(C)c(S(=O)(=O)N2CCCC2c2nc(-c3cccc(F)c3)no2)c(C)c1. The van der Waals surface area contributed by atoms with Gasteiger partial charge in [0, 0.05) is 12.1 Å². The summed E-state index contributed by atoms with van der Waals surface area (Å²) in [6, 6.07) is 9.11. The lowest BCUT2D eigenvalue weighted by atomic mass is 10.1. The minimum absolute atomic E-state index is 0.229. The summed E-state index contributed by atoms with van der Waals surface area (Å²) in [5.74, 6) is 0.0726. The maximum Gasteiger partial charge on any atom is 0.245 e. The lowest BCUT2D eigenvalue weighted by molar-refractivity contribution is 0.290. The number of rotatable bonds is 4. The third-order valence-corrected chi connectivity index (χ3v) is 7.40. The van der Waals surface area contributed by atoms with Gasteiger partial charge in [-0.05, 0) is 56.9 Å². The van der Waals surface area contributed by atoms with Gasteiger partial charge in [0.05, 0.1) is 4.90 Å². The summed E-state index contributed by atoms with van der Waals surface area (Å²) in [5.41, 5.74) is 2.95. The summed E-state index contributed by atoms with van der Waals surface area (Å²) in [7, 11) is -3.73. The predicted molar refractivity (Wildman–Crippen MR) is 106 cm³/mol. The van der Waals surface area contributed by atoms with E-state index in [1.165, 1.54) is 16.4 Å². The normalized spacial score (nSPS) is 17.7. The van der Waals surface area contributed by atoms with Crippen LogP contribution in [0.4, 0.5) is 4.39 Å². The zero-order valence-corrected chi connectivity index (χ0v) is 17.3. The average molecular weight is 415 g/mol. The largest absolute Gasteiger partial charge is 0.337 e. The molecule has 4 rings (SSSR count). The average Bonchev–Trinajstić information content (AvgIpc) is 3.30. The van der Waals surface area contributed by atoms with Crippen molar-refractivity contribution in [2.75, 3.05) is 6.54 Å². The highest BCUT2D eigenvalue weighted by atomic mass is 32.2. The third kappa shape index (κ3) is 3.58. The summed E-state index contributed by atoms with van der Waals surface area (Å²) in [6.07, 6.45) is 1.29. The maximum atomic E-state index is 13.5. The number of aromatic nitrogens is 2. The molecule has 1 fully saturated rings. The van der Waals surface area contributed by atoms with E-state index in [4.69, 9.17) is 4.52 Å². The Balaban J connectivity index is 1.70. The monoisotopic (exact) mass is 415 g/mol. The number of hydrogen-bond acceptors (Lipinski definition) is 5. The van der Waals surface area contributed by atoms with E-state index in [1.54, 1.807) is 12.1 Å². The molecule has 6 nitrogen and oxygen atoms in total. The van der Waals surface area contributed by atoms with E-state index in [2.05, 4.69) is 10.1 Å². The van der Waals surface area contributed by atoms with Gasteiger partial charge in [0.25, 0.3) is 0 Å². The summed E-state index contributed by atoms with van der Waals surface area (Å²) in [6.45, 7) is 5.96. The van der Waals surface area contributed by atoms with E-state index in [1.807, 2.05) is 32.9 Å². The van der Waals surface area contributed by atoms with E-state index >= 15 is 0 Å². The highest BCUT2D eigenvalue weighted by molar-refractivity contribution is 7.89. The fourth-order valence-corrected chi connectivity index (χ4v) is 6.15. The van der Waals surface area contributed by atoms with Gasteiger partial charge in [0.1, 0.15) is 11.9 Å². The van der Waals surface area contributed by atoms with E-state index in [0.29, 0.717) is 29.8 Å². The van der Waals surface area contributed by atoms with Crippen LogP contribution in [0.3, 0.4) is 0 Å². The quantitative estimate of drug-likeness (QED) is 0.634. The van der Waals surface area contributed by atoms with Crippen LogP contribution in [0, 0.1) is 26.6 Å². The Morgan fingerprint density at radius 2 is 1.86 bits per heavy atom. The number of sulfonamides is 1. The minimum atomic E-state index is -3.73. The smallest absolute Gasteiger partial charge is 0.245 e. The van der Waals surface area contributed by atoms with Crippen molar-refractivity contribution in [3.8, 4) is 11.4 Å². The van der Waals surface area contributed by atoms with Crippen LogP contribution in [-0.4, -0.2) is 29.4 Å². The van der Waals surface area contributed by atoms with Gasteiger partial charge in [0.15, 0.2) is 0 Å². The fourth-order valence-electron chi connectivity index (χ4n) is 4.08. The molecule has 0 aliphatic carbocycles. The molecule has 3 aromatic rings.